The number of hydrogen-bond acceptors (Lipinski definition) is 5. The number of methoxy groups -OCH3 is 1. The van der Waals surface area contributed by atoms with Gasteiger partial charge in [-0.2, -0.15) is 0 Å². The highest BCUT2D eigenvalue weighted by molar-refractivity contribution is 7.09. The van der Waals surface area contributed by atoms with Crippen LogP contribution in [0.2, 0.25) is 0 Å². The van der Waals surface area contributed by atoms with Crippen LogP contribution in [0, 0.1) is 6.92 Å². The van der Waals surface area contributed by atoms with E-state index in [0.29, 0.717) is 6.61 Å². The zero-order chi connectivity index (χ0) is 13.7. The van der Waals surface area contributed by atoms with Crippen LogP contribution in [0.15, 0.2) is 17.9 Å². The van der Waals surface area contributed by atoms with Gasteiger partial charge in [-0.05, 0) is 13.8 Å². The Morgan fingerprint density at radius 2 is 2.37 bits per heavy atom. The average Bonchev–Trinajstić information content (AvgIpc) is 3.03. The van der Waals surface area contributed by atoms with Crippen LogP contribution in [-0.2, 0) is 11.3 Å². The van der Waals surface area contributed by atoms with E-state index < -0.39 is 0 Å². The number of aryl methyl sites for hydroxylation is 2. The molecule has 0 aliphatic carbocycles. The predicted octanol–water partition coefficient (Wildman–Crippen LogP) is 1.99. The summed E-state index contributed by atoms with van der Waals surface area (Å²) < 4.78 is 7.25. The molecule has 0 aliphatic rings. The molecule has 0 spiro atoms. The van der Waals surface area contributed by atoms with Gasteiger partial charge in [0.15, 0.2) is 0 Å². The van der Waals surface area contributed by atoms with Crippen molar-refractivity contribution in [1.82, 2.24) is 19.9 Å². The summed E-state index contributed by atoms with van der Waals surface area (Å²) in [7, 11) is 1.71. The third-order valence-electron chi connectivity index (χ3n) is 2.92. The van der Waals surface area contributed by atoms with E-state index in [0.717, 1.165) is 29.5 Å². The minimum Gasteiger partial charge on any atom is -0.383 e. The van der Waals surface area contributed by atoms with Crippen LogP contribution in [0.4, 0.5) is 0 Å². The van der Waals surface area contributed by atoms with Gasteiger partial charge in [-0.15, -0.1) is 11.3 Å². The molecule has 0 amide bonds. The fourth-order valence-corrected chi connectivity index (χ4v) is 2.84. The molecule has 0 bridgehead atoms. The lowest BCUT2D eigenvalue weighted by atomic mass is 10.2. The second-order valence-corrected chi connectivity index (χ2v) is 5.20. The molecule has 0 aliphatic heterocycles. The molecule has 2 aromatic rings. The number of rotatable bonds is 7. The molecule has 0 saturated carbocycles. The summed E-state index contributed by atoms with van der Waals surface area (Å²) in [5.74, 6) is 0. The van der Waals surface area contributed by atoms with E-state index in [4.69, 9.17) is 4.74 Å². The van der Waals surface area contributed by atoms with Crippen molar-refractivity contribution in [2.45, 2.75) is 26.4 Å². The molecule has 0 radical (unpaired) electrons. The number of hydrogen-bond donors (Lipinski definition) is 1. The number of thiazole rings is 1. The Morgan fingerprint density at radius 1 is 1.53 bits per heavy atom. The van der Waals surface area contributed by atoms with Crippen molar-refractivity contribution in [3.63, 3.8) is 0 Å². The van der Waals surface area contributed by atoms with Crippen LogP contribution >= 0.6 is 11.3 Å². The Balaban J connectivity index is 2.23. The Morgan fingerprint density at radius 3 is 3.00 bits per heavy atom. The fourth-order valence-electron chi connectivity index (χ4n) is 1.96. The van der Waals surface area contributed by atoms with Crippen molar-refractivity contribution in [1.29, 1.82) is 0 Å². The average molecular weight is 280 g/mol. The first-order chi connectivity index (χ1) is 9.26. The van der Waals surface area contributed by atoms with Crippen LogP contribution in [0.5, 0.6) is 0 Å². The van der Waals surface area contributed by atoms with Gasteiger partial charge in [0.2, 0.25) is 0 Å². The van der Waals surface area contributed by atoms with E-state index in [9.17, 15) is 0 Å². The van der Waals surface area contributed by atoms with Crippen molar-refractivity contribution >= 4 is 11.3 Å². The SMILES string of the molecule is CCn1cncc1C(NCCOC)c1nc(C)cs1. The summed E-state index contributed by atoms with van der Waals surface area (Å²) in [6.45, 7) is 6.51. The molecule has 19 heavy (non-hydrogen) atoms. The Bertz CT molecular complexity index is 508. The maximum absolute atomic E-state index is 5.11. The molecule has 1 atom stereocenters. The smallest absolute Gasteiger partial charge is 0.116 e. The lowest BCUT2D eigenvalue weighted by Gasteiger charge is -2.17. The molecular formula is C13H20N4OS. The highest BCUT2D eigenvalue weighted by Gasteiger charge is 2.20. The fraction of sp³-hybridized carbons (Fsp3) is 0.538. The van der Waals surface area contributed by atoms with Gasteiger partial charge in [-0.3, -0.25) is 0 Å². The zero-order valence-electron chi connectivity index (χ0n) is 11.6. The van der Waals surface area contributed by atoms with Gasteiger partial charge in [0.1, 0.15) is 11.0 Å². The summed E-state index contributed by atoms with van der Waals surface area (Å²) >= 11 is 1.68. The summed E-state index contributed by atoms with van der Waals surface area (Å²) in [6.07, 6.45) is 3.77. The topological polar surface area (TPSA) is 52.0 Å². The monoisotopic (exact) mass is 280 g/mol. The van der Waals surface area contributed by atoms with E-state index >= 15 is 0 Å². The predicted molar refractivity (Wildman–Crippen MR) is 76.5 cm³/mol. The first-order valence-electron chi connectivity index (χ1n) is 6.40. The molecular weight excluding hydrogens is 260 g/mol. The second-order valence-electron chi connectivity index (χ2n) is 4.31. The zero-order valence-corrected chi connectivity index (χ0v) is 12.4. The number of nitrogens with zero attached hydrogens (tertiary/aromatic N) is 3. The van der Waals surface area contributed by atoms with Gasteiger partial charge >= 0.3 is 0 Å². The second kappa shape index (κ2) is 6.79. The van der Waals surface area contributed by atoms with Gasteiger partial charge < -0.3 is 14.6 Å². The molecule has 2 aromatic heterocycles. The highest BCUT2D eigenvalue weighted by Crippen LogP contribution is 2.24. The van der Waals surface area contributed by atoms with E-state index in [-0.39, 0.29) is 6.04 Å². The van der Waals surface area contributed by atoms with Gasteiger partial charge in [0.25, 0.3) is 0 Å². The van der Waals surface area contributed by atoms with Gasteiger partial charge in [-0.25, -0.2) is 9.97 Å². The van der Waals surface area contributed by atoms with E-state index in [1.165, 1.54) is 0 Å². The minimum absolute atomic E-state index is 0.0799. The van der Waals surface area contributed by atoms with Crippen LogP contribution in [0.25, 0.3) is 0 Å². The molecule has 104 valence electrons. The largest absolute Gasteiger partial charge is 0.383 e. The van der Waals surface area contributed by atoms with Crippen molar-refractivity contribution in [2.24, 2.45) is 0 Å². The van der Waals surface area contributed by atoms with E-state index in [1.54, 1.807) is 18.4 Å². The van der Waals surface area contributed by atoms with Crippen molar-refractivity contribution in [3.05, 3.63) is 34.3 Å². The van der Waals surface area contributed by atoms with Crippen LogP contribution in [0.3, 0.4) is 0 Å². The quantitative estimate of drug-likeness (QED) is 0.788. The summed E-state index contributed by atoms with van der Waals surface area (Å²) in [4.78, 5) is 8.84. The third-order valence-corrected chi connectivity index (χ3v) is 3.95. The molecule has 0 saturated heterocycles. The van der Waals surface area contributed by atoms with Crippen molar-refractivity contribution in [3.8, 4) is 0 Å². The molecule has 2 rings (SSSR count). The van der Waals surface area contributed by atoms with Crippen LogP contribution < -0.4 is 5.32 Å². The first kappa shape index (κ1) is 14.2. The van der Waals surface area contributed by atoms with E-state index in [2.05, 4.69) is 32.2 Å². The Hall–Kier alpha value is -1.24. The molecule has 6 heteroatoms. The molecule has 0 aromatic carbocycles. The highest BCUT2D eigenvalue weighted by atomic mass is 32.1. The lowest BCUT2D eigenvalue weighted by molar-refractivity contribution is 0.197. The molecule has 1 unspecified atom stereocenters. The Kier molecular flexibility index (Phi) is 5.07. The molecule has 1 N–H and O–H groups in total. The van der Waals surface area contributed by atoms with Crippen molar-refractivity contribution in [2.75, 3.05) is 20.3 Å². The number of nitrogens with one attached hydrogen (secondary N) is 1. The number of aromatic nitrogens is 3. The van der Waals surface area contributed by atoms with Gasteiger partial charge in [-0.1, -0.05) is 0 Å². The third kappa shape index (κ3) is 3.40. The van der Waals surface area contributed by atoms with Crippen LogP contribution in [0.1, 0.15) is 29.4 Å². The summed E-state index contributed by atoms with van der Waals surface area (Å²) in [6, 6.07) is 0.0799. The molecule has 0 fully saturated rings. The van der Waals surface area contributed by atoms with Gasteiger partial charge in [0, 0.05) is 31.3 Å². The maximum atomic E-state index is 5.11. The molecule has 2 heterocycles. The molecule has 5 nitrogen and oxygen atoms in total. The lowest BCUT2D eigenvalue weighted by Crippen LogP contribution is -2.27. The maximum Gasteiger partial charge on any atom is 0.116 e. The van der Waals surface area contributed by atoms with Crippen LogP contribution in [-0.4, -0.2) is 34.8 Å². The Labute approximate surface area is 117 Å². The summed E-state index contributed by atoms with van der Waals surface area (Å²) in [5, 5.41) is 6.64. The number of ether oxygens (including phenoxy) is 1. The standard InChI is InChI=1S/C13H20N4OS/c1-4-17-9-14-7-11(17)12(15-5-6-18-3)13-16-10(2)8-19-13/h7-9,12,15H,4-6H2,1-3H3. The number of imidazole rings is 1. The van der Waals surface area contributed by atoms with Gasteiger partial charge in [0.05, 0.1) is 24.8 Å². The van der Waals surface area contributed by atoms with Crippen molar-refractivity contribution < 1.29 is 4.74 Å². The minimum atomic E-state index is 0.0799. The normalized spacial score (nSPS) is 12.8. The first-order valence-corrected chi connectivity index (χ1v) is 7.28. The van der Waals surface area contributed by atoms with E-state index in [1.807, 2.05) is 19.4 Å². The summed E-state index contributed by atoms with van der Waals surface area (Å²) in [5.41, 5.74) is 2.20.